The van der Waals surface area contributed by atoms with Crippen LogP contribution in [0.3, 0.4) is 0 Å². The molecule has 0 fully saturated rings. The number of halogens is 1. The quantitative estimate of drug-likeness (QED) is 0.695. The Labute approximate surface area is 171 Å². The number of nitrogens with zero attached hydrogens (tertiary/aromatic N) is 2. The zero-order valence-corrected chi connectivity index (χ0v) is 17.1. The van der Waals surface area contributed by atoms with Gasteiger partial charge in [0.05, 0.1) is 23.7 Å². The van der Waals surface area contributed by atoms with Crippen LogP contribution in [-0.4, -0.2) is 30.9 Å². The topological polar surface area (TPSA) is 99.5 Å². The molecule has 0 radical (unpaired) electrons. The lowest BCUT2D eigenvalue weighted by atomic mass is 10.1. The van der Waals surface area contributed by atoms with Gasteiger partial charge in [-0.25, -0.2) is 9.18 Å². The number of para-hydroxylation sites is 1. The first-order chi connectivity index (χ1) is 13.8. The van der Waals surface area contributed by atoms with Gasteiger partial charge in [-0.3, -0.25) is 9.59 Å². The Morgan fingerprint density at radius 1 is 1.28 bits per heavy atom. The van der Waals surface area contributed by atoms with E-state index in [1.807, 2.05) is 6.07 Å². The standard InChI is InChI=1S/C20H20FN3O4S/c1-12-13(2)29-19(23-14(3)25)18(12)20(27)28-11-17(26)24(10-6-9-22)16-8-5-4-7-15(16)21/h4-5,7-8H,6,10-11H2,1-3H3,(H,23,25). The van der Waals surface area contributed by atoms with Crippen molar-refractivity contribution in [1.29, 1.82) is 5.26 Å². The van der Waals surface area contributed by atoms with Crippen molar-refractivity contribution >= 4 is 39.8 Å². The number of rotatable bonds is 7. The van der Waals surface area contributed by atoms with Crippen LogP contribution in [0.2, 0.25) is 0 Å². The number of ether oxygens (including phenoxy) is 1. The third kappa shape index (κ3) is 5.39. The number of benzene rings is 1. The van der Waals surface area contributed by atoms with Gasteiger partial charge in [-0.15, -0.1) is 11.3 Å². The van der Waals surface area contributed by atoms with Crippen LogP contribution in [0.15, 0.2) is 24.3 Å². The van der Waals surface area contributed by atoms with Crippen LogP contribution >= 0.6 is 11.3 Å². The highest BCUT2D eigenvalue weighted by Crippen LogP contribution is 2.33. The molecule has 0 saturated carbocycles. The van der Waals surface area contributed by atoms with Crippen LogP contribution in [0.25, 0.3) is 0 Å². The van der Waals surface area contributed by atoms with Crippen LogP contribution in [0, 0.1) is 31.0 Å². The van der Waals surface area contributed by atoms with E-state index in [1.165, 1.54) is 36.5 Å². The first kappa shape index (κ1) is 22.0. The number of thiophene rings is 1. The number of nitriles is 1. The molecule has 29 heavy (non-hydrogen) atoms. The van der Waals surface area contributed by atoms with Gasteiger partial charge in [0.25, 0.3) is 5.91 Å². The zero-order chi connectivity index (χ0) is 21.6. The van der Waals surface area contributed by atoms with Gasteiger partial charge in [0, 0.05) is 18.3 Å². The van der Waals surface area contributed by atoms with Gasteiger partial charge in [0.2, 0.25) is 5.91 Å². The second kappa shape index (κ2) is 9.80. The first-order valence-electron chi connectivity index (χ1n) is 8.72. The summed E-state index contributed by atoms with van der Waals surface area (Å²) in [6.07, 6.45) is -0.0104. The predicted molar refractivity (Wildman–Crippen MR) is 107 cm³/mol. The van der Waals surface area contributed by atoms with Gasteiger partial charge < -0.3 is 15.0 Å². The molecule has 0 spiro atoms. The Kier molecular flexibility index (Phi) is 7.45. The first-order valence-corrected chi connectivity index (χ1v) is 9.54. The van der Waals surface area contributed by atoms with E-state index in [-0.39, 0.29) is 30.1 Å². The highest BCUT2D eigenvalue weighted by molar-refractivity contribution is 7.16. The molecule has 2 aromatic rings. The van der Waals surface area contributed by atoms with Crippen molar-refractivity contribution < 1.29 is 23.5 Å². The molecule has 1 N–H and O–H groups in total. The molecule has 0 bridgehead atoms. The third-order valence-electron chi connectivity index (χ3n) is 4.10. The predicted octanol–water partition coefficient (Wildman–Crippen LogP) is 3.57. The Morgan fingerprint density at radius 2 is 1.97 bits per heavy atom. The SMILES string of the molecule is CC(=O)Nc1sc(C)c(C)c1C(=O)OCC(=O)N(CCC#N)c1ccccc1F. The number of nitrogens with one attached hydrogen (secondary N) is 1. The van der Waals surface area contributed by atoms with E-state index in [0.29, 0.717) is 10.6 Å². The number of carbonyl (C=O) groups is 3. The molecular weight excluding hydrogens is 397 g/mol. The molecule has 0 saturated heterocycles. The zero-order valence-electron chi connectivity index (χ0n) is 16.2. The van der Waals surface area contributed by atoms with Gasteiger partial charge in [0.15, 0.2) is 6.61 Å². The lowest BCUT2D eigenvalue weighted by molar-refractivity contribution is -0.121. The molecule has 0 aliphatic carbocycles. The second-order valence-electron chi connectivity index (χ2n) is 6.15. The van der Waals surface area contributed by atoms with Gasteiger partial charge >= 0.3 is 5.97 Å². The lowest BCUT2D eigenvalue weighted by Crippen LogP contribution is -2.36. The van der Waals surface area contributed by atoms with Gasteiger partial charge in [-0.05, 0) is 31.5 Å². The number of esters is 1. The fraction of sp³-hybridized carbons (Fsp3) is 0.300. The highest BCUT2D eigenvalue weighted by atomic mass is 32.1. The summed E-state index contributed by atoms with van der Waals surface area (Å²) in [6, 6.07) is 7.56. The number of aryl methyl sites for hydroxylation is 1. The Bertz CT molecular complexity index is 981. The van der Waals surface area contributed by atoms with Crippen molar-refractivity contribution in [3.8, 4) is 6.07 Å². The molecule has 7 nitrogen and oxygen atoms in total. The van der Waals surface area contributed by atoms with E-state index >= 15 is 0 Å². The van der Waals surface area contributed by atoms with E-state index in [1.54, 1.807) is 19.9 Å². The summed E-state index contributed by atoms with van der Waals surface area (Å²) >= 11 is 1.23. The van der Waals surface area contributed by atoms with Crippen LogP contribution in [0.1, 0.15) is 34.1 Å². The van der Waals surface area contributed by atoms with Crippen molar-refractivity contribution in [2.75, 3.05) is 23.4 Å². The monoisotopic (exact) mass is 417 g/mol. The van der Waals surface area contributed by atoms with Crippen molar-refractivity contribution in [2.45, 2.75) is 27.2 Å². The Hall–Kier alpha value is -3.25. The molecule has 0 aliphatic heterocycles. The fourth-order valence-corrected chi connectivity index (χ4v) is 3.70. The van der Waals surface area contributed by atoms with E-state index < -0.39 is 24.3 Å². The summed E-state index contributed by atoms with van der Waals surface area (Å²) in [6.45, 7) is 4.17. The maximum atomic E-state index is 14.1. The molecule has 1 aromatic heterocycles. The molecule has 0 unspecified atom stereocenters. The fourth-order valence-electron chi connectivity index (χ4n) is 2.61. The molecule has 152 valence electrons. The smallest absolute Gasteiger partial charge is 0.341 e. The number of hydrogen-bond acceptors (Lipinski definition) is 6. The normalized spacial score (nSPS) is 10.2. The van der Waals surface area contributed by atoms with E-state index in [9.17, 15) is 18.8 Å². The second-order valence-corrected chi connectivity index (χ2v) is 7.37. The molecule has 9 heteroatoms. The summed E-state index contributed by atoms with van der Waals surface area (Å²) in [5.41, 5.74) is 0.835. The summed E-state index contributed by atoms with van der Waals surface area (Å²) in [5, 5.41) is 11.7. The van der Waals surface area contributed by atoms with Crippen molar-refractivity contribution in [1.82, 2.24) is 0 Å². The summed E-state index contributed by atoms with van der Waals surface area (Å²) in [7, 11) is 0. The minimum absolute atomic E-state index is 0.00490. The average Bonchev–Trinajstić information content (AvgIpc) is 2.94. The number of anilines is 2. The van der Waals surface area contributed by atoms with E-state index in [0.717, 1.165) is 9.78 Å². The maximum Gasteiger partial charge on any atom is 0.341 e. The molecule has 1 aromatic carbocycles. The van der Waals surface area contributed by atoms with Gasteiger partial charge in [0.1, 0.15) is 10.8 Å². The Balaban J connectivity index is 2.18. The molecule has 2 rings (SSSR count). The van der Waals surface area contributed by atoms with Crippen LogP contribution in [0.5, 0.6) is 0 Å². The molecule has 2 amide bonds. The molecule has 0 aliphatic rings. The van der Waals surface area contributed by atoms with E-state index in [4.69, 9.17) is 10.00 Å². The Morgan fingerprint density at radius 3 is 2.59 bits per heavy atom. The van der Waals surface area contributed by atoms with Gasteiger partial charge in [-0.1, -0.05) is 12.1 Å². The van der Waals surface area contributed by atoms with Gasteiger partial charge in [-0.2, -0.15) is 5.26 Å². The average molecular weight is 417 g/mol. The summed E-state index contributed by atoms with van der Waals surface area (Å²) in [5.74, 6) is -2.39. The number of carbonyl (C=O) groups excluding carboxylic acids is 3. The lowest BCUT2D eigenvalue weighted by Gasteiger charge is -2.22. The molecular formula is C20H20FN3O4S. The van der Waals surface area contributed by atoms with Crippen molar-refractivity contribution in [3.63, 3.8) is 0 Å². The van der Waals surface area contributed by atoms with Crippen molar-refractivity contribution in [3.05, 3.63) is 46.1 Å². The largest absolute Gasteiger partial charge is 0.452 e. The van der Waals surface area contributed by atoms with Crippen molar-refractivity contribution in [2.24, 2.45) is 0 Å². The minimum atomic E-state index is -0.766. The summed E-state index contributed by atoms with van der Waals surface area (Å²) in [4.78, 5) is 38.4. The van der Waals surface area contributed by atoms with Crippen LogP contribution in [0.4, 0.5) is 15.1 Å². The maximum absolute atomic E-state index is 14.1. The van der Waals surface area contributed by atoms with Crippen LogP contribution in [-0.2, 0) is 14.3 Å². The highest BCUT2D eigenvalue weighted by Gasteiger charge is 2.24. The molecule has 0 atom stereocenters. The minimum Gasteiger partial charge on any atom is -0.452 e. The third-order valence-corrected chi connectivity index (χ3v) is 5.22. The molecule has 1 heterocycles. The van der Waals surface area contributed by atoms with E-state index in [2.05, 4.69) is 5.32 Å². The van der Waals surface area contributed by atoms with Crippen LogP contribution < -0.4 is 10.2 Å². The number of amides is 2. The summed E-state index contributed by atoms with van der Waals surface area (Å²) < 4.78 is 19.2. The number of hydrogen-bond donors (Lipinski definition) is 1.